The Bertz CT molecular complexity index is 734. The Morgan fingerprint density at radius 3 is 2.39 bits per heavy atom. The van der Waals surface area contributed by atoms with E-state index in [0.29, 0.717) is 5.75 Å². The van der Waals surface area contributed by atoms with Gasteiger partial charge in [0.05, 0.1) is 12.7 Å². The normalized spacial score (nSPS) is 10.7. The summed E-state index contributed by atoms with van der Waals surface area (Å²) in [5, 5.41) is 19.3. The van der Waals surface area contributed by atoms with Gasteiger partial charge < -0.3 is 19.7 Å². The summed E-state index contributed by atoms with van der Waals surface area (Å²) in [6.07, 6.45) is 0. The molecule has 0 saturated heterocycles. The van der Waals surface area contributed by atoms with Gasteiger partial charge in [0.15, 0.2) is 11.5 Å². The zero-order valence-electron chi connectivity index (χ0n) is 13.6. The number of carbonyl (C=O) groups is 1. The Morgan fingerprint density at radius 2 is 1.78 bits per heavy atom. The molecule has 0 heterocycles. The smallest absolute Gasteiger partial charge is 0.343 e. The van der Waals surface area contributed by atoms with E-state index in [1.807, 2.05) is 32.9 Å². The molecule has 0 atom stereocenters. The number of aryl methyl sites for hydroxylation is 1. The van der Waals surface area contributed by atoms with E-state index in [9.17, 15) is 15.0 Å². The van der Waals surface area contributed by atoms with Gasteiger partial charge in [-0.05, 0) is 42.2 Å². The fourth-order valence-electron chi connectivity index (χ4n) is 2.23. The summed E-state index contributed by atoms with van der Waals surface area (Å²) in [6, 6.07) is 8.15. The predicted molar refractivity (Wildman–Crippen MR) is 86.6 cm³/mol. The SMILES string of the molecule is COc1cc(C(=O)Oc2cc(C)ccc2C(C)C)cc(O)c1O. The van der Waals surface area contributed by atoms with E-state index in [1.165, 1.54) is 13.2 Å². The van der Waals surface area contributed by atoms with Crippen molar-refractivity contribution in [3.63, 3.8) is 0 Å². The molecule has 5 heteroatoms. The highest BCUT2D eigenvalue weighted by Gasteiger charge is 2.18. The topological polar surface area (TPSA) is 76.0 Å². The zero-order chi connectivity index (χ0) is 17.1. The van der Waals surface area contributed by atoms with E-state index in [2.05, 4.69) is 0 Å². The Kier molecular flexibility index (Phi) is 4.79. The minimum atomic E-state index is -0.633. The summed E-state index contributed by atoms with van der Waals surface area (Å²) in [4.78, 5) is 12.4. The van der Waals surface area contributed by atoms with Crippen LogP contribution in [0.1, 0.15) is 41.3 Å². The quantitative estimate of drug-likeness (QED) is 0.510. The summed E-state index contributed by atoms with van der Waals surface area (Å²) >= 11 is 0. The van der Waals surface area contributed by atoms with Crippen LogP contribution < -0.4 is 9.47 Å². The van der Waals surface area contributed by atoms with Gasteiger partial charge in [-0.1, -0.05) is 26.0 Å². The van der Waals surface area contributed by atoms with E-state index in [0.717, 1.165) is 17.2 Å². The molecule has 0 radical (unpaired) electrons. The molecule has 0 saturated carbocycles. The van der Waals surface area contributed by atoms with Gasteiger partial charge in [0.25, 0.3) is 0 Å². The third-order valence-electron chi connectivity index (χ3n) is 3.50. The lowest BCUT2D eigenvalue weighted by atomic mass is 10.0. The van der Waals surface area contributed by atoms with Crippen molar-refractivity contribution in [3.8, 4) is 23.0 Å². The van der Waals surface area contributed by atoms with Gasteiger partial charge in [0.2, 0.25) is 5.75 Å². The summed E-state index contributed by atoms with van der Waals surface area (Å²) in [7, 11) is 1.33. The molecule has 5 nitrogen and oxygen atoms in total. The van der Waals surface area contributed by atoms with Crippen molar-refractivity contribution in [2.24, 2.45) is 0 Å². The van der Waals surface area contributed by atoms with E-state index < -0.39 is 17.5 Å². The molecular formula is C18H20O5. The van der Waals surface area contributed by atoms with Gasteiger partial charge in [-0.25, -0.2) is 4.79 Å². The number of methoxy groups -OCH3 is 1. The molecule has 0 aliphatic heterocycles. The van der Waals surface area contributed by atoms with Crippen molar-refractivity contribution in [2.75, 3.05) is 7.11 Å². The fraction of sp³-hybridized carbons (Fsp3) is 0.278. The van der Waals surface area contributed by atoms with E-state index >= 15 is 0 Å². The van der Waals surface area contributed by atoms with Crippen LogP contribution in [0.5, 0.6) is 23.0 Å². The third-order valence-corrected chi connectivity index (χ3v) is 3.50. The number of ether oxygens (including phenoxy) is 2. The molecule has 2 rings (SSSR count). The van der Waals surface area contributed by atoms with E-state index in [1.54, 1.807) is 6.07 Å². The highest BCUT2D eigenvalue weighted by atomic mass is 16.5. The van der Waals surface area contributed by atoms with Crippen LogP contribution in [0.15, 0.2) is 30.3 Å². The maximum absolute atomic E-state index is 12.4. The largest absolute Gasteiger partial charge is 0.504 e. The van der Waals surface area contributed by atoms with Crippen LogP contribution in [0.25, 0.3) is 0 Å². The van der Waals surface area contributed by atoms with Crippen molar-refractivity contribution in [1.29, 1.82) is 0 Å². The highest BCUT2D eigenvalue weighted by Crippen LogP contribution is 2.37. The minimum Gasteiger partial charge on any atom is -0.504 e. The van der Waals surface area contributed by atoms with Crippen molar-refractivity contribution in [3.05, 3.63) is 47.0 Å². The van der Waals surface area contributed by atoms with Crippen LogP contribution in [0, 0.1) is 6.92 Å². The Morgan fingerprint density at radius 1 is 1.09 bits per heavy atom. The van der Waals surface area contributed by atoms with Crippen molar-refractivity contribution >= 4 is 5.97 Å². The molecule has 0 fully saturated rings. The standard InChI is InChI=1S/C18H20O5/c1-10(2)13-6-5-11(3)7-15(13)23-18(21)12-8-14(19)17(20)16(9-12)22-4/h5-10,19-20H,1-4H3. The maximum atomic E-state index is 12.4. The number of benzene rings is 2. The summed E-state index contributed by atoms with van der Waals surface area (Å²) in [6.45, 7) is 5.94. The van der Waals surface area contributed by atoms with Crippen LogP contribution in [0.2, 0.25) is 0 Å². The van der Waals surface area contributed by atoms with Gasteiger partial charge in [0.1, 0.15) is 5.75 Å². The van der Waals surface area contributed by atoms with Crippen LogP contribution in [-0.4, -0.2) is 23.3 Å². The fourth-order valence-corrected chi connectivity index (χ4v) is 2.23. The van der Waals surface area contributed by atoms with Gasteiger partial charge >= 0.3 is 5.97 Å². The molecule has 0 aliphatic rings. The first kappa shape index (κ1) is 16.7. The van der Waals surface area contributed by atoms with Crippen LogP contribution >= 0.6 is 0 Å². The third kappa shape index (κ3) is 3.56. The lowest BCUT2D eigenvalue weighted by Crippen LogP contribution is -2.10. The molecule has 2 aromatic rings. The summed E-state index contributed by atoms with van der Waals surface area (Å²) in [5.74, 6) is -0.804. The zero-order valence-corrected chi connectivity index (χ0v) is 13.6. The second-order valence-electron chi connectivity index (χ2n) is 5.63. The average molecular weight is 316 g/mol. The van der Waals surface area contributed by atoms with Gasteiger partial charge in [-0.3, -0.25) is 0 Å². The molecule has 2 N–H and O–H groups in total. The van der Waals surface area contributed by atoms with E-state index in [-0.39, 0.29) is 17.2 Å². The number of hydrogen-bond acceptors (Lipinski definition) is 5. The first-order valence-corrected chi connectivity index (χ1v) is 7.26. The number of aromatic hydroxyl groups is 2. The number of esters is 1. The van der Waals surface area contributed by atoms with E-state index in [4.69, 9.17) is 9.47 Å². The molecule has 2 aromatic carbocycles. The monoisotopic (exact) mass is 316 g/mol. The predicted octanol–water partition coefficient (Wildman–Crippen LogP) is 3.76. The van der Waals surface area contributed by atoms with Crippen molar-refractivity contribution in [2.45, 2.75) is 26.7 Å². The Balaban J connectivity index is 2.37. The number of carbonyl (C=O) groups excluding carboxylic acids is 1. The second-order valence-corrected chi connectivity index (χ2v) is 5.63. The summed E-state index contributed by atoms with van der Waals surface area (Å²) in [5.41, 5.74) is 1.98. The number of phenolic OH excluding ortho intramolecular Hbond substituents is 2. The second kappa shape index (κ2) is 6.60. The van der Waals surface area contributed by atoms with Crippen molar-refractivity contribution < 1.29 is 24.5 Å². The lowest BCUT2D eigenvalue weighted by molar-refractivity contribution is 0.0732. The minimum absolute atomic E-state index is 0.00488. The molecule has 23 heavy (non-hydrogen) atoms. The lowest BCUT2D eigenvalue weighted by Gasteiger charge is -2.14. The molecule has 0 unspecified atom stereocenters. The first-order chi connectivity index (χ1) is 10.8. The maximum Gasteiger partial charge on any atom is 0.343 e. The van der Waals surface area contributed by atoms with Gasteiger partial charge in [0, 0.05) is 0 Å². The van der Waals surface area contributed by atoms with Crippen molar-refractivity contribution in [1.82, 2.24) is 0 Å². The number of phenols is 2. The number of rotatable bonds is 4. The molecule has 0 amide bonds. The Labute approximate surface area is 135 Å². The van der Waals surface area contributed by atoms with Gasteiger partial charge in [-0.15, -0.1) is 0 Å². The molecular weight excluding hydrogens is 296 g/mol. The molecule has 0 bridgehead atoms. The molecule has 0 spiro atoms. The molecule has 122 valence electrons. The van der Waals surface area contributed by atoms with Gasteiger partial charge in [-0.2, -0.15) is 0 Å². The average Bonchev–Trinajstić information content (AvgIpc) is 2.49. The van der Waals surface area contributed by atoms with Crippen LogP contribution in [-0.2, 0) is 0 Å². The van der Waals surface area contributed by atoms with Crippen LogP contribution in [0.3, 0.4) is 0 Å². The van der Waals surface area contributed by atoms with Crippen LogP contribution in [0.4, 0.5) is 0 Å². The number of hydrogen-bond donors (Lipinski definition) is 2. The molecule has 0 aromatic heterocycles. The first-order valence-electron chi connectivity index (χ1n) is 7.26. The molecule has 0 aliphatic carbocycles. The highest BCUT2D eigenvalue weighted by molar-refractivity contribution is 5.92. The Hall–Kier alpha value is -2.69. The summed E-state index contributed by atoms with van der Waals surface area (Å²) < 4.78 is 10.4.